The van der Waals surface area contributed by atoms with Crippen LogP contribution < -0.4 is 5.32 Å². The van der Waals surface area contributed by atoms with Crippen molar-refractivity contribution in [1.29, 1.82) is 0 Å². The van der Waals surface area contributed by atoms with Crippen molar-refractivity contribution < 1.29 is 9.53 Å². The Balaban J connectivity index is 1.58. The van der Waals surface area contributed by atoms with Crippen molar-refractivity contribution >= 4 is 5.91 Å². The molecule has 0 saturated carbocycles. The Labute approximate surface area is 125 Å². The monoisotopic (exact) mass is 292 g/mol. The molecular weight excluding hydrogens is 268 g/mol. The molecule has 116 valence electrons. The van der Waals surface area contributed by atoms with Crippen LogP contribution in [0, 0.1) is 13.8 Å². The molecule has 2 fully saturated rings. The third kappa shape index (κ3) is 2.96. The van der Waals surface area contributed by atoms with Gasteiger partial charge in [0.2, 0.25) is 5.91 Å². The van der Waals surface area contributed by atoms with Gasteiger partial charge in [-0.15, -0.1) is 0 Å². The number of H-pyrrole nitrogens is 1. The topological polar surface area (TPSA) is 70.2 Å². The number of likely N-dealkylation sites (tertiary alicyclic amines) is 1. The van der Waals surface area contributed by atoms with Crippen LogP contribution in [0.5, 0.6) is 0 Å². The molecule has 1 spiro atoms. The van der Waals surface area contributed by atoms with Crippen LogP contribution in [-0.4, -0.2) is 59.4 Å². The van der Waals surface area contributed by atoms with Crippen LogP contribution >= 0.6 is 0 Å². The number of ether oxygens (including phenoxy) is 1. The molecule has 0 radical (unpaired) electrons. The first-order valence-corrected chi connectivity index (χ1v) is 7.73. The molecule has 6 nitrogen and oxygen atoms in total. The van der Waals surface area contributed by atoms with Crippen LogP contribution in [0.1, 0.15) is 29.8 Å². The third-order valence-corrected chi connectivity index (χ3v) is 4.77. The van der Waals surface area contributed by atoms with Crippen molar-refractivity contribution in [3.8, 4) is 0 Å². The number of carbonyl (C=O) groups excluding carboxylic acids is 1. The molecule has 0 unspecified atom stereocenters. The highest BCUT2D eigenvalue weighted by Gasteiger charge is 2.38. The van der Waals surface area contributed by atoms with E-state index in [1.165, 1.54) is 0 Å². The number of amides is 1. The Kier molecular flexibility index (Phi) is 3.99. The highest BCUT2D eigenvalue weighted by atomic mass is 16.5. The Bertz CT molecular complexity index is 490. The molecule has 6 heteroatoms. The third-order valence-electron chi connectivity index (χ3n) is 4.77. The number of hydrogen-bond donors (Lipinski definition) is 2. The lowest BCUT2D eigenvalue weighted by atomic mass is 9.89. The first-order valence-electron chi connectivity index (χ1n) is 7.73. The summed E-state index contributed by atoms with van der Waals surface area (Å²) in [5.74, 6) is 0.196. The first-order chi connectivity index (χ1) is 10.1. The van der Waals surface area contributed by atoms with Crippen LogP contribution in [0.3, 0.4) is 0 Å². The van der Waals surface area contributed by atoms with Crippen molar-refractivity contribution in [2.24, 2.45) is 0 Å². The van der Waals surface area contributed by atoms with E-state index >= 15 is 0 Å². The van der Waals surface area contributed by atoms with E-state index in [1.807, 2.05) is 18.7 Å². The first kappa shape index (κ1) is 14.5. The van der Waals surface area contributed by atoms with Gasteiger partial charge in [0.25, 0.3) is 0 Å². The molecule has 0 aliphatic carbocycles. The van der Waals surface area contributed by atoms with Crippen molar-refractivity contribution in [2.75, 3.05) is 32.8 Å². The number of morpholine rings is 1. The zero-order valence-electron chi connectivity index (χ0n) is 12.9. The SMILES string of the molecule is Cc1n[nH]c(C)c1CC(=O)N1CCC2(CC1)CNCCO2. The molecule has 2 aliphatic heterocycles. The molecule has 1 amide bonds. The highest BCUT2D eigenvalue weighted by Crippen LogP contribution is 2.27. The van der Waals surface area contributed by atoms with Crippen molar-refractivity contribution in [3.63, 3.8) is 0 Å². The van der Waals surface area contributed by atoms with Gasteiger partial charge in [0, 0.05) is 37.4 Å². The Morgan fingerprint density at radius 1 is 1.38 bits per heavy atom. The number of piperidine rings is 1. The van der Waals surface area contributed by atoms with Gasteiger partial charge in [-0.1, -0.05) is 0 Å². The van der Waals surface area contributed by atoms with Gasteiger partial charge in [0.1, 0.15) is 0 Å². The normalized spacial score (nSPS) is 21.7. The van der Waals surface area contributed by atoms with Crippen molar-refractivity contribution in [3.05, 3.63) is 17.0 Å². The summed E-state index contributed by atoms with van der Waals surface area (Å²) in [6.07, 6.45) is 2.30. The number of nitrogens with one attached hydrogen (secondary N) is 2. The van der Waals surface area contributed by atoms with Crippen LogP contribution in [0.15, 0.2) is 0 Å². The molecule has 0 bridgehead atoms. The van der Waals surface area contributed by atoms with E-state index in [-0.39, 0.29) is 11.5 Å². The second-order valence-electron chi connectivity index (χ2n) is 6.18. The van der Waals surface area contributed by atoms with Crippen molar-refractivity contribution in [2.45, 2.75) is 38.7 Å². The van der Waals surface area contributed by atoms with E-state index in [0.717, 1.165) is 62.6 Å². The number of aromatic nitrogens is 2. The maximum absolute atomic E-state index is 12.5. The summed E-state index contributed by atoms with van der Waals surface area (Å²) in [7, 11) is 0. The van der Waals surface area contributed by atoms with Crippen molar-refractivity contribution in [1.82, 2.24) is 20.4 Å². The molecule has 3 rings (SSSR count). The molecule has 2 saturated heterocycles. The minimum absolute atomic E-state index is 0.0451. The Hall–Kier alpha value is -1.40. The zero-order valence-corrected chi connectivity index (χ0v) is 12.9. The molecule has 1 aromatic rings. The zero-order chi connectivity index (χ0) is 14.9. The molecule has 0 aromatic carbocycles. The Morgan fingerprint density at radius 2 is 2.14 bits per heavy atom. The molecule has 1 aromatic heterocycles. The Morgan fingerprint density at radius 3 is 2.71 bits per heavy atom. The lowest BCUT2D eigenvalue weighted by molar-refractivity contribution is -0.139. The minimum atomic E-state index is -0.0451. The van der Waals surface area contributed by atoms with E-state index in [9.17, 15) is 4.79 Å². The van der Waals surface area contributed by atoms with E-state index in [1.54, 1.807) is 0 Å². The van der Waals surface area contributed by atoms with Crippen LogP contribution in [0.4, 0.5) is 0 Å². The van der Waals surface area contributed by atoms with E-state index < -0.39 is 0 Å². The molecule has 2 N–H and O–H groups in total. The number of aryl methyl sites for hydroxylation is 2. The summed E-state index contributed by atoms with van der Waals surface area (Å²) < 4.78 is 5.96. The number of nitrogens with zero attached hydrogens (tertiary/aromatic N) is 2. The van der Waals surface area contributed by atoms with Gasteiger partial charge in [-0.25, -0.2) is 0 Å². The predicted molar refractivity (Wildman–Crippen MR) is 79.1 cm³/mol. The smallest absolute Gasteiger partial charge is 0.227 e. The van der Waals surface area contributed by atoms with Gasteiger partial charge in [-0.2, -0.15) is 5.10 Å². The van der Waals surface area contributed by atoms with Gasteiger partial charge < -0.3 is 15.0 Å². The fourth-order valence-corrected chi connectivity index (χ4v) is 3.29. The molecule has 3 heterocycles. The van der Waals surface area contributed by atoms with E-state index in [2.05, 4.69) is 15.5 Å². The molecule has 0 atom stereocenters. The highest BCUT2D eigenvalue weighted by molar-refractivity contribution is 5.79. The minimum Gasteiger partial charge on any atom is -0.372 e. The summed E-state index contributed by atoms with van der Waals surface area (Å²) >= 11 is 0. The number of carbonyl (C=O) groups is 1. The average molecular weight is 292 g/mol. The molecular formula is C15H24N4O2. The quantitative estimate of drug-likeness (QED) is 0.835. The summed E-state index contributed by atoms with van der Waals surface area (Å²) in [5.41, 5.74) is 2.91. The lowest BCUT2D eigenvalue weighted by Gasteiger charge is -2.44. The van der Waals surface area contributed by atoms with E-state index in [0.29, 0.717) is 6.42 Å². The van der Waals surface area contributed by atoms with Gasteiger partial charge in [-0.05, 0) is 26.7 Å². The van der Waals surface area contributed by atoms with Crippen LogP contribution in [0.2, 0.25) is 0 Å². The summed E-state index contributed by atoms with van der Waals surface area (Å²) in [6, 6.07) is 0. The largest absolute Gasteiger partial charge is 0.372 e. The fraction of sp³-hybridized carbons (Fsp3) is 0.733. The van der Waals surface area contributed by atoms with Gasteiger partial charge in [-0.3, -0.25) is 9.89 Å². The van der Waals surface area contributed by atoms with Gasteiger partial charge >= 0.3 is 0 Å². The van der Waals surface area contributed by atoms with Gasteiger partial charge in [0.05, 0.1) is 24.3 Å². The number of hydrogen-bond acceptors (Lipinski definition) is 4. The standard InChI is InChI=1S/C15H24N4O2/c1-11-13(12(2)18-17-11)9-14(20)19-6-3-15(4-7-19)10-16-5-8-21-15/h16H,3-10H2,1-2H3,(H,17,18). The summed E-state index contributed by atoms with van der Waals surface area (Å²) in [5, 5.41) is 10.5. The molecule has 21 heavy (non-hydrogen) atoms. The summed E-state index contributed by atoms with van der Waals surface area (Å²) in [4.78, 5) is 14.4. The number of aromatic amines is 1. The summed E-state index contributed by atoms with van der Waals surface area (Å²) in [6.45, 7) is 8.11. The maximum Gasteiger partial charge on any atom is 0.227 e. The lowest BCUT2D eigenvalue weighted by Crippen LogP contribution is -2.56. The van der Waals surface area contributed by atoms with Crippen LogP contribution in [-0.2, 0) is 16.0 Å². The molecule has 2 aliphatic rings. The maximum atomic E-state index is 12.5. The number of rotatable bonds is 2. The second-order valence-corrected chi connectivity index (χ2v) is 6.18. The van der Waals surface area contributed by atoms with Crippen LogP contribution in [0.25, 0.3) is 0 Å². The van der Waals surface area contributed by atoms with E-state index in [4.69, 9.17) is 4.74 Å². The van der Waals surface area contributed by atoms with Gasteiger partial charge in [0.15, 0.2) is 0 Å². The predicted octanol–water partition coefficient (Wildman–Crippen LogP) is 0.550. The average Bonchev–Trinajstić information content (AvgIpc) is 2.81. The second kappa shape index (κ2) is 5.77. The fourth-order valence-electron chi connectivity index (χ4n) is 3.29.